The molecule has 0 N–H and O–H groups in total. The van der Waals surface area contributed by atoms with Gasteiger partial charge in [-0.05, 0) is 25.5 Å². The van der Waals surface area contributed by atoms with E-state index in [0.29, 0.717) is 35.2 Å². The van der Waals surface area contributed by atoms with Crippen LogP contribution in [0.5, 0.6) is 5.75 Å². The molecule has 0 bridgehead atoms. The molecule has 5 nitrogen and oxygen atoms in total. The summed E-state index contributed by atoms with van der Waals surface area (Å²) in [5.41, 5.74) is 1.91. The van der Waals surface area contributed by atoms with Crippen molar-refractivity contribution in [3.05, 3.63) is 70.5 Å². The Bertz CT molecular complexity index is 1200. The van der Waals surface area contributed by atoms with Gasteiger partial charge in [0.05, 0.1) is 18.7 Å². The van der Waals surface area contributed by atoms with Gasteiger partial charge in [-0.15, -0.1) is 0 Å². The molecule has 30 heavy (non-hydrogen) atoms. The Morgan fingerprint density at radius 2 is 1.77 bits per heavy atom. The van der Waals surface area contributed by atoms with Crippen molar-refractivity contribution >= 4 is 22.5 Å². The predicted octanol–water partition coefficient (Wildman–Crippen LogP) is 5.43. The van der Waals surface area contributed by atoms with E-state index in [1.54, 1.807) is 17.7 Å². The number of rotatable bonds is 6. The molecule has 2 aromatic carbocycles. The summed E-state index contributed by atoms with van der Waals surface area (Å²) in [6.07, 6.45) is 0.691. The smallest absolute Gasteiger partial charge is 0.182 e. The van der Waals surface area contributed by atoms with Crippen molar-refractivity contribution in [2.75, 3.05) is 6.61 Å². The fourth-order valence-corrected chi connectivity index (χ4v) is 3.50. The molecule has 0 unspecified atom stereocenters. The quantitative estimate of drug-likeness (QED) is 0.384. The van der Waals surface area contributed by atoms with Crippen molar-refractivity contribution in [3.63, 3.8) is 0 Å². The molecule has 4 aromatic rings. The van der Waals surface area contributed by atoms with Gasteiger partial charge in [0, 0.05) is 28.8 Å². The Hall–Kier alpha value is -3.06. The van der Waals surface area contributed by atoms with Crippen molar-refractivity contribution in [1.82, 2.24) is 19.7 Å². The highest BCUT2D eigenvalue weighted by Gasteiger charge is 2.19. The molecular weight excluding hydrogens is 410 g/mol. The van der Waals surface area contributed by atoms with E-state index in [1.165, 1.54) is 12.1 Å². The first-order valence-corrected chi connectivity index (χ1v) is 9.98. The number of hydrogen-bond acceptors (Lipinski definition) is 4. The zero-order valence-electron chi connectivity index (χ0n) is 16.5. The van der Waals surface area contributed by atoms with Crippen LogP contribution in [0.25, 0.3) is 22.4 Å². The second-order valence-electron chi connectivity index (χ2n) is 6.68. The van der Waals surface area contributed by atoms with Crippen molar-refractivity contribution in [1.29, 1.82) is 0 Å². The van der Waals surface area contributed by atoms with Crippen LogP contribution in [-0.2, 0) is 13.0 Å². The fraction of sp³-hybridized carbons (Fsp3) is 0.227. The van der Waals surface area contributed by atoms with Crippen LogP contribution in [0.4, 0.5) is 8.78 Å². The Morgan fingerprint density at radius 1 is 1.03 bits per heavy atom. The second kappa shape index (κ2) is 8.36. The van der Waals surface area contributed by atoms with Crippen LogP contribution in [0.3, 0.4) is 0 Å². The molecule has 0 saturated carbocycles. The molecule has 0 aliphatic carbocycles. The summed E-state index contributed by atoms with van der Waals surface area (Å²) in [6, 6.07) is 11.5. The lowest BCUT2D eigenvalue weighted by Crippen LogP contribution is -2.07. The maximum atomic E-state index is 14.6. The number of aromatic nitrogens is 4. The number of ether oxygens (including phenoxy) is 1. The number of halogens is 3. The molecule has 4 rings (SSSR count). The SMILES string of the molecule is CCOc1cc(F)c(Cn2nc(-c3nc(Cl)cc(CC)n3)c3ccccc32)c(F)c1. The predicted molar refractivity (Wildman–Crippen MR) is 112 cm³/mol. The summed E-state index contributed by atoms with van der Waals surface area (Å²) in [4.78, 5) is 8.83. The van der Waals surface area contributed by atoms with Gasteiger partial charge in [0.25, 0.3) is 0 Å². The molecule has 0 radical (unpaired) electrons. The number of benzene rings is 2. The Kier molecular flexibility index (Phi) is 5.63. The molecule has 0 spiro atoms. The molecule has 8 heteroatoms. The Morgan fingerprint density at radius 3 is 2.47 bits per heavy atom. The monoisotopic (exact) mass is 428 g/mol. The Labute approximate surface area is 177 Å². The van der Waals surface area contributed by atoms with Gasteiger partial charge in [-0.1, -0.05) is 36.7 Å². The first-order valence-electron chi connectivity index (χ1n) is 9.60. The van der Waals surface area contributed by atoms with Gasteiger partial charge in [0.1, 0.15) is 28.2 Å². The van der Waals surface area contributed by atoms with Crippen LogP contribution in [-0.4, -0.2) is 26.4 Å². The van der Waals surface area contributed by atoms with E-state index in [4.69, 9.17) is 16.3 Å². The van der Waals surface area contributed by atoms with Crippen LogP contribution in [0.1, 0.15) is 25.1 Å². The standard InChI is InChI=1S/C22H19ClF2N4O/c1-3-13-9-20(23)27-22(26-13)21-15-7-5-6-8-19(15)29(28-21)12-16-17(24)10-14(30-4-2)11-18(16)25/h5-11H,3-4,12H2,1-2H3. The van der Waals surface area contributed by atoms with E-state index in [2.05, 4.69) is 15.1 Å². The zero-order valence-corrected chi connectivity index (χ0v) is 17.2. The number of nitrogens with zero attached hydrogens (tertiary/aromatic N) is 4. The lowest BCUT2D eigenvalue weighted by atomic mass is 10.1. The summed E-state index contributed by atoms with van der Waals surface area (Å²) in [5, 5.41) is 5.67. The minimum Gasteiger partial charge on any atom is -0.494 e. The lowest BCUT2D eigenvalue weighted by Gasteiger charge is -2.09. The lowest BCUT2D eigenvalue weighted by molar-refractivity contribution is 0.335. The minimum absolute atomic E-state index is 0.0915. The van der Waals surface area contributed by atoms with Crippen LogP contribution in [0.15, 0.2) is 42.5 Å². The van der Waals surface area contributed by atoms with E-state index in [0.717, 1.165) is 11.1 Å². The molecule has 0 fully saturated rings. The van der Waals surface area contributed by atoms with Gasteiger partial charge < -0.3 is 4.74 Å². The molecule has 2 aromatic heterocycles. The molecule has 2 heterocycles. The fourth-order valence-electron chi connectivity index (χ4n) is 3.29. The highest BCUT2D eigenvalue weighted by molar-refractivity contribution is 6.29. The van der Waals surface area contributed by atoms with Crippen LogP contribution in [0, 0.1) is 11.6 Å². The largest absolute Gasteiger partial charge is 0.494 e. The van der Waals surface area contributed by atoms with Crippen molar-refractivity contribution < 1.29 is 13.5 Å². The minimum atomic E-state index is -0.688. The highest BCUT2D eigenvalue weighted by Crippen LogP contribution is 2.29. The van der Waals surface area contributed by atoms with Gasteiger partial charge in [0.2, 0.25) is 0 Å². The van der Waals surface area contributed by atoms with Gasteiger partial charge >= 0.3 is 0 Å². The van der Waals surface area contributed by atoms with Crippen LogP contribution < -0.4 is 4.74 Å². The van der Waals surface area contributed by atoms with Crippen LogP contribution >= 0.6 is 11.6 Å². The van der Waals surface area contributed by atoms with E-state index in [9.17, 15) is 8.78 Å². The number of para-hydroxylation sites is 1. The first kappa shape index (κ1) is 20.2. The summed E-state index contributed by atoms with van der Waals surface area (Å²) in [6.45, 7) is 3.95. The first-order chi connectivity index (χ1) is 14.5. The van der Waals surface area contributed by atoms with Gasteiger partial charge in [-0.25, -0.2) is 18.7 Å². The molecule has 0 aliphatic heterocycles. The van der Waals surface area contributed by atoms with Crippen molar-refractivity contribution in [2.45, 2.75) is 26.8 Å². The maximum absolute atomic E-state index is 14.6. The normalized spacial score (nSPS) is 11.2. The molecule has 154 valence electrons. The topological polar surface area (TPSA) is 52.8 Å². The van der Waals surface area contributed by atoms with Crippen molar-refractivity contribution in [2.24, 2.45) is 0 Å². The summed E-state index contributed by atoms with van der Waals surface area (Å²) >= 11 is 6.15. The number of hydrogen-bond donors (Lipinski definition) is 0. The summed E-state index contributed by atoms with van der Waals surface area (Å²) in [5.74, 6) is -0.845. The third kappa shape index (κ3) is 3.85. The highest BCUT2D eigenvalue weighted by atomic mass is 35.5. The molecular formula is C22H19ClF2N4O. The number of aryl methyl sites for hydroxylation is 1. The van der Waals surface area contributed by atoms with Crippen LogP contribution in [0.2, 0.25) is 5.15 Å². The third-order valence-electron chi connectivity index (χ3n) is 4.71. The average molecular weight is 429 g/mol. The summed E-state index contributed by atoms with van der Waals surface area (Å²) in [7, 11) is 0. The molecule has 0 aliphatic rings. The molecule has 0 atom stereocenters. The Balaban J connectivity index is 1.82. The zero-order chi connectivity index (χ0) is 21.3. The summed E-state index contributed by atoms with van der Waals surface area (Å²) < 4.78 is 35.9. The molecule has 0 amide bonds. The van der Waals surface area contributed by atoms with Gasteiger partial charge in [0.15, 0.2) is 5.82 Å². The van der Waals surface area contributed by atoms with E-state index in [1.807, 2.05) is 31.2 Å². The van der Waals surface area contributed by atoms with Gasteiger partial charge in [-0.2, -0.15) is 5.10 Å². The van der Waals surface area contributed by atoms with Gasteiger partial charge in [-0.3, -0.25) is 4.68 Å². The molecule has 0 saturated heterocycles. The van der Waals surface area contributed by atoms with E-state index < -0.39 is 11.6 Å². The second-order valence-corrected chi connectivity index (χ2v) is 7.07. The maximum Gasteiger partial charge on any atom is 0.182 e. The third-order valence-corrected chi connectivity index (χ3v) is 4.91. The average Bonchev–Trinajstić information content (AvgIpc) is 3.09. The number of fused-ring (bicyclic) bond motifs is 1. The van der Waals surface area contributed by atoms with Crippen molar-refractivity contribution in [3.8, 4) is 17.3 Å². The van der Waals surface area contributed by atoms with E-state index >= 15 is 0 Å². The van der Waals surface area contributed by atoms with E-state index in [-0.39, 0.29) is 17.9 Å².